The molecule has 0 aliphatic rings. The number of rotatable bonds is 15. The van der Waals surface area contributed by atoms with Crippen LogP contribution in [0.15, 0.2) is 30.3 Å². The maximum absolute atomic E-state index is 13.1. The molecule has 0 bridgehead atoms. The van der Waals surface area contributed by atoms with Gasteiger partial charge in [0.1, 0.15) is 5.92 Å². The lowest BCUT2D eigenvalue weighted by Gasteiger charge is -2.31. The molecule has 0 saturated carbocycles. The molecule has 2 unspecified atom stereocenters. The largest absolute Gasteiger partial charge is 0.446 e. The Morgan fingerprint density at radius 3 is 1.96 bits per heavy atom. The Labute approximate surface area is 171 Å². The van der Waals surface area contributed by atoms with Crippen LogP contribution in [0.4, 0.5) is 0 Å². The second kappa shape index (κ2) is 14.3. The minimum Gasteiger partial charge on any atom is -0.446 e. The third kappa shape index (κ3) is 8.14. The Kier molecular flexibility index (Phi) is 12.5. The van der Waals surface area contributed by atoms with Crippen molar-refractivity contribution in [2.75, 3.05) is 13.1 Å². The van der Waals surface area contributed by atoms with Crippen molar-refractivity contribution in [2.24, 2.45) is 0 Å². The van der Waals surface area contributed by atoms with Crippen LogP contribution in [0, 0.1) is 0 Å². The van der Waals surface area contributed by atoms with Gasteiger partial charge >= 0.3 is 5.97 Å². The van der Waals surface area contributed by atoms with Crippen LogP contribution in [0.1, 0.15) is 90.5 Å². The highest BCUT2D eigenvalue weighted by Crippen LogP contribution is 2.23. The third-order valence-electron chi connectivity index (χ3n) is 5.07. The number of hydrogen-bond acceptors (Lipinski definition) is 4. The first kappa shape index (κ1) is 24.4. The monoisotopic (exact) mass is 389 g/mol. The number of unbranched alkanes of at least 4 members (excludes halogenated alkanes) is 3. The molecule has 0 N–H and O–H groups in total. The van der Waals surface area contributed by atoms with Gasteiger partial charge in [0.2, 0.25) is 0 Å². The van der Waals surface area contributed by atoms with Gasteiger partial charge < -0.3 is 4.74 Å². The Morgan fingerprint density at radius 1 is 0.893 bits per heavy atom. The molecule has 0 saturated heterocycles. The summed E-state index contributed by atoms with van der Waals surface area (Å²) in [5, 5.41) is 0. The van der Waals surface area contributed by atoms with Crippen molar-refractivity contribution in [3.8, 4) is 0 Å². The number of ether oxygens (including phenoxy) is 1. The molecule has 0 spiro atoms. The molecule has 1 rings (SSSR count). The van der Waals surface area contributed by atoms with Crippen LogP contribution in [-0.4, -0.2) is 36.0 Å². The highest BCUT2D eigenvalue weighted by atomic mass is 16.6. The van der Waals surface area contributed by atoms with Crippen LogP contribution in [0.5, 0.6) is 0 Å². The fourth-order valence-corrected chi connectivity index (χ4v) is 3.33. The van der Waals surface area contributed by atoms with Crippen molar-refractivity contribution >= 4 is 11.8 Å². The Morgan fingerprint density at radius 2 is 1.46 bits per heavy atom. The van der Waals surface area contributed by atoms with Gasteiger partial charge in [-0.1, -0.05) is 77.3 Å². The van der Waals surface area contributed by atoms with Crippen LogP contribution < -0.4 is 0 Å². The lowest BCUT2D eigenvalue weighted by Crippen LogP contribution is -2.41. The van der Waals surface area contributed by atoms with Gasteiger partial charge in [-0.2, -0.15) is 0 Å². The first-order valence-corrected chi connectivity index (χ1v) is 11.1. The number of esters is 1. The van der Waals surface area contributed by atoms with Gasteiger partial charge in [-0.25, -0.2) is 0 Å². The molecule has 1 aromatic carbocycles. The summed E-state index contributed by atoms with van der Waals surface area (Å²) in [6.07, 6.45) is 6.97. The number of nitrogens with zero attached hydrogens (tertiary/aromatic N) is 1. The van der Waals surface area contributed by atoms with E-state index in [1.165, 1.54) is 0 Å². The van der Waals surface area contributed by atoms with Crippen molar-refractivity contribution in [1.29, 1.82) is 0 Å². The molecule has 28 heavy (non-hydrogen) atoms. The maximum atomic E-state index is 13.1. The smallest absolute Gasteiger partial charge is 0.322 e. The quantitative estimate of drug-likeness (QED) is 0.219. The predicted molar refractivity (Wildman–Crippen MR) is 115 cm³/mol. The zero-order valence-corrected chi connectivity index (χ0v) is 18.3. The fourth-order valence-electron chi connectivity index (χ4n) is 3.33. The minimum absolute atomic E-state index is 0.0402. The summed E-state index contributed by atoms with van der Waals surface area (Å²) in [7, 11) is 0. The molecule has 2 atom stereocenters. The van der Waals surface area contributed by atoms with Crippen LogP contribution >= 0.6 is 0 Å². The summed E-state index contributed by atoms with van der Waals surface area (Å²) in [4.78, 5) is 28.2. The third-order valence-corrected chi connectivity index (χ3v) is 5.07. The van der Waals surface area contributed by atoms with E-state index in [0.717, 1.165) is 63.6 Å². The summed E-state index contributed by atoms with van der Waals surface area (Å²) < 4.78 is 5.94. The van der Waals surface area contributed by atoms with Crippen molar-refractivity contribution in [2.45, 2.75) is 91.2 Å². The van der Waals surface area contributed by atoms with E-state index in [4.69, 9.17) is 4.74 Å². The van der Waals surface area contributed by atoms with Gasteiger partial charge in [0.05, 0.1) is 0 Å². The molecular formula is C24H39NO3. The standard InChI is InChI=1S/C24H39NO3/c1-5-9-17-21(26)23(20-15-13-12-14-16-20)24(27)28-22(8-4)25(18-10-6-2)19-11-7-3/h12-16,22-23H,5-11,17-19H2,1-4H3. The predicted octanol–water partition coefficient (Wildman–Crippen LogP) is 5.71. The summed E-state index contributed by atoms with van der Waals surface area (Å²) in [5.41, 5.74) is 0.733. The summed E-state index contributed by atoms with van der Waals surface area (Å²) >= 11 is 0. The van der Waals surface area contributed by atoms with E-state index in [9.17, 15) is 9.59 Å². The van der Waals surface area contributed by atoms with Crippen LogP contribution in [0.25, 0.3) is 0 Å². The molecular weight excluding hydrogens is 350 g/mol. The van der Waals surface area contributed by atoms with E-state index in [0.29, 0.717) is 6.42 Å². The van der Waals surface area contributed by atoms with Gasteiger partial charge in [-0.05, 0) is 31.2 Å². The molecule has 4 heteroatoms. The summed E-state index contributed by atoms with van der Waals surface area (Å²) in [6, 6.07) is 9.34. The van der Waals surface area contributed by atoms with Crippen molar-refractivity contribution < 1.29 is 14.3 Å². The van der Waals surface area contributed by atoms with E-state index in [1.54, 1.807) is 0 Å². The number of carbonyl (C=O) groups excluding carboxylic acids is 2. The lowest BCUT2D eigenvalue weighted by atomic mass is 9.92. The van der Waals surface area contributed by atoms with E-state index >= 15 is 0 Å². The molecule has 0 heterocycles. The van der Waals surface area contributed by atoms with E-state index < -0.39 is 11.9 Å². The lowest BCUT2D eigenvalue weighted by molar-refractivity contribution is -0.163. The highest BCUT2D eigenvalue weighted by molar-refractivity contribution is 6.04. The number of benzene rings is 1. The second-order valence-corrected chi connectivity index (χ2v) is 7.46. The molecule has 0 fully saturated rings. The first-order chi connectivity index (χ1) is 13.6. The topological polar surface area (TPSA) is 46.6 Å². The van der Waals surface area contributed by atoms with Crippen molar-refractivity contribution in [1.82, 2.24) is 4.90 Å². The van der Waals surface area contributed by atoms with E-state index in [1.807, 2.05) is 37.3 Å². The molecule has 0 aliphatic carbocycles. The zero-order valence-electron chi connectivity index (χ0n) is 18.3. The molecule has 0 aliphatic heterocycles. The number of hydrogen-bond donors (Lipinski definition) is 0. The van der Waals surface area contributed by atoms with Crippen LogP contribution in [-0.2, 0) is 14.3 Å². The Balaban J connectivity index is 2.96. The average molecular weight is 390 g/mol. The minimum atomic E-state index is -0.819. The maximum Gasteiger partial charge on any atom is 0.322 e. The van der Waals surface area contributed by atoms with Gasteiger partial charge in [-0.15, -0.1) is 0 Å². The van der Waals surface area contributed by atoms with Gasteiger partial charge in [0, 0.05) is 19.5 Å². The first-order valence-electron chi connectivity index (χ1n) is 11.1. The van der Waals surface area contributed by atoms with Gasteiger partial charge in [0.25, 0.3) is 0 Å². The SMILES string of the molecule is CCCCC(=O)C(C(=O)OC(CC)N(CCCC)CCCC)c1ccccc1. The van der Waals surface area contributed by atoms with Crippen molar-refractivity contribution in [3.05, 3.63) is 35.9 Å². The average Bonchev–Trinajstić information content (AvgIpc) is 2.72. The number of ketones is 1. The molecule has 4 nitrogen and oxygen atoms in total. The molecule has 158 valence electrons. The van der Waals surface area contributed by atoms with E-state index in [-0.39, 0.29) is 12.0 Å². The summed E-state index contributed by atoms with van der Waals surface area (Å²) in [5.74, 6) is -1.26. The normalized spacial score (nSPS) is 13.3. The fraction of sp³-hybridized carbons (Fsp3) is 0.667. The van der Waals surface area contributed by atoms with Crippen LogP contribution in [0.2, 0.25) is 0 Å². The molecule has 0 radical (unpaired) electrons. The number of carbonyl (C=O) groups is 2. The molecule has 0 amide bonds. The van der Waals surface area contributed by atoms with Crippen molar-refractivity contribution in [3.63, 3.8) is 0 Å². The van der Waals surface area contributed by atoms with Gasteiger partial charge in [0.15, 0.2) is 12.0 Å². The Bertz CT molecular complexity index is 550. The van der Waals surface area contributed by atoms with Crippen LogP contribution in [0.3, 0.4) is 0 Å². The number of Topliss-reactive ketones (excluding diaryl/α,β-unsaturated/α-hetero) is 1. The zero-order chi connectivity index (χ0) is 20.8. The second-order valence-electron chi connectivity index (χ2n) is 7.46. The molecule has 0 aromatic heterocycles. The molecule has 1 aromatic rings. The Hall–Kier alpha value is -1.68. The summed E-state index contributed by atoms with van der Waals surface area (Å²) in [6.45, 7) is 10.3. The highest BCUT2D eigenvalue weighted by Gasteiger charge is 2.32. The van der Waals surface area contributed by atoms with E-state index in [2.05, 4.69) is 25.7 Å². The van der Waals surface area contributed by atoms with Gasteiger partial charge in [-0.3, -0.25) is 14.5 Å².